The molecule has 1 aromatic heterocycles. The van der Waals surface area contributed by atoms with Crippen LogP contribution >= 0.6 is 0 Å². The standard InChI is InChI=1S/C24H30N4O3S/c1-28(2)16-7-15-25-23(29)20-11-13-21(14-12-20)24-27-26-22(31-24)18-32(30)17-6-10-19-8-4-3-5-9-19/h3-5,8-9,11-14H,6-7,10,15-18H2,1-2H3,(H,25,29). The number of hydrogen-bond acceptors (Lipinski definition) is 6. The van der Waals surface area contributed by atoms with Gasteiger partial charge < -0.3 is 14.6 Å². The van der Waals surface area contributed by atoms with Crippen molar-refractivity contribution in [1.82, 2.24) is 20.4 Å². The van der Waals surface area contributed by atoms with E-state index in [1.54, 1.807) is 24.3 Å². The predicted octanol–water partition coefficient (Wildman–Crippen LogP) is 3.30. The molecule has 8 heteroatoms. The van der Waals surface area contributed by atoms with Crippen LogP contribution in [-0.2, 0) is 23.0 Å². The first-order valence-electron chi connectivity index (χ1n) is 10.8. The molecule has 3 rings (SSSR count). The number of nitrogens with one attached hydrogen (secondary N) is 1. The van der Waals surface area contributed by atoms with Crippen molar-refractivity contribution in [2.24, 2.45) is 0 Å². The van der Waals surface area contributed by atoms with Gasteiger partial charge in [0.2, 0.25) is 11.8 Å². The molecule has 0 saturated carbocycles. The van der Waals surface area contributed by atoms with Crippen molar-refractivity contribution in [2.75, 3.05) is 32.9 Å². The van der Waals surface area contributed by atoms with Crippen LogP contribution in [0, 0.1) is 0 Å². The number of aromatic nitrogens is 2. The molecular formula is C24H30N4O3S. The minimum atomic E-state index is -1.06. The van der Waals surface area contributed by atoms with Gasteiger partial charge in [0.1, 0.15) is 5.75 Å². The number of rotatable bonds is 12. The number of amides is 1. The first-order valence-corrected chi connectivity index (χ1v) is 12.2. The molecule has 3 aromatic rings. The molecule has 170 valence electrons. The molecule has 0 aliphatic heterocycles. The highest BCUT2D eigenvalue weighted by atomic mass is 32.2. The lowest BCUT2D eigenvalue weighted by Gasteiger charge is -2.10. The molecule has 32 heavy (non-hydrogen) atoms. The number of benzene rings is 2. The van der Waals surface area contributed by atoms with Crippen LogP contribution in [0.4, 0.5) is 0 Å². The fourth-order valence-corrected chi connectivity index (χ4v) is 4.19. The fourth-order valence-electron chi connectivity index (χ4n) is 3.18. The zero-order chi connectivity index (χ0) is 22.8. The second-order valence-electron chi connectivity index (χ2n) is 7.87. The summed E-state index contributed by atoms with van der Waals surface area (Å²) < 4.78 is 18.0. The van der Waals surface area contributed by atoms with Crippen LogP contribution in [0.1, 0.15) is 34.7 Å². The van der Waals surface area contributed by atoms with Crippen molar-refractivity contribution in [3.05, 3.63) is 71.6 Å². The van der Waals surface area contributed by atoms with Gasteiger partial charge in [-0.15, -0.1) is 10.2 Å². The molecule has 0 saturated heterocycles. The second kappa shape index (κ2) is 12.3. The number of hydrogen-bond donors (Lipinski definition) is 1. The molecular weight excluding hydrogens is 424 g/mol. The Hall–Kier alpha value is -2.84. The molecule has 2 aromatic carbocycles. The van der Waals surface area contributed by atoms with E-state index in [0.29, 0.717) is 29.6 Å². The topological polar surface area (TPSA) is 88.3 Å². The largest absolute Gasteiger partial charge is 0.420 e. The van der Waals surface area contributed by atoms with Crippen molar-refractivity contribution >= 4 is 16.7 Å². The maximum atomic E-state index is 12.3. The monoisotopic (exact) mass is 454 g/mol. The summed E-state index contributed by atoms with van der Waals surface area (Å²) in [5.41, 5.74) is 2.55. The summed E-state index contributed by atoms with van der Waals surface area (Å²) >= 11 is 0. The summed E-state index contributed by atoms with van der Waals surface area (Å²) in [6.07, 6.45) is 2.64. The SMILES string of the molecule is CN(C)CCCNC(=O)c1ccc(-c2nnc(CS(=O)CCCc3ccccc3)o2)cc1. The lowest BCUT2D eigenvalue weighted by atomic mass is 10.1. The Morgan fingerprint density at radius 3 is 2.50 bits per heavy atom. The Morgan fingerprint density at radius 2 is 1.78 bits per heavy atom. The maximum absolute atomic E-state index is 12.3. The highest BCUT2D eigenvalue weighted by molar-refractivity contribution is 7.84. The van der Waals surface area contributed by atoms with E-state index in [1.165, 1.54) is 5.56 Å². The van der Waals surface area contributed by atoms with Gasteiger partial charge in [-0.2, -0.15) is 0 Å². The Kier molecular flexibility index (Phi) is 9.13. The highest BCUT2D eigenvalue weighted by Gasteiger charge is 2.13. The Balaban J connectivity index is 1.46. The van der Waals surface area contributed by atoms with Gasteiger partial charge in [0.15, 0.2) is 0 Å². The minimum Gasteiger partial charge on any atom is -0.420 e. The number of nitrogens with zero attached hydrogens (tertiary/aromatic N) is 3. The van der Waals surface area contributed by atoms with Crippen LogP contribution in [0.2, 0.25) is 0 Å². The van der Waals surface area contributed by atoms with Crippen LogP contribution in [-0.4, -0.2) is 58.2 Å². The zero-order valence-electron chi connectivity index (χ0n) is 18.6. The molecule has 0 radical (unpaired) electrons. The van der Waals surface area contributed by atoms with Gasteiger partial charge >= 0.3 is 0 Å². The van der Waals surface area contributed by atoms with Crippen molar-refractivity contribution in [1.29, 1.82) is 0 Å². The van der Waals surface area contributed by atoms with Gasteiger partial charge in [0.25, 0.3) is 5.91 Å². The first-order chi connectivity index (χ1) is 15.5. The average Bonchev–Trinajstić information content (AvgIpc) is 3.25. The van der Waals surface area contributed by atoms with E-state index in [4.69, 9.17) is 4.42 Å². The molecule has 0 aliphatic carbocycles. The Morgan fingerprint density at radius 1 is 1.03 bits per heavy atom. The number of carbonyl (C=O) groups is 1. The van der Waals surface area contributed by atoms with E-state index in [1.807, 2.05) is 32.3 Å². The maximum Gasteiger partial charge on any atom is 0.251 e. The van der Waals surface area contributed by atoms with Gasteiger partial charge in [-0.05, 0) is 69.7 Å². The van der Waals surface area contributed by atoms with Gasteiger partial charge in [-0.25, -0.2) is 0 Å². The summed E-state index contributed by atoms with van der Waals surface area (Å²) in [5, 5.41) is 11.0. The lowest BCUT2D eigenvalue weighted by Crippen LogP contribution is -2.27. The summed E-state index contributed by atoms with van der Waals surface area (Å²) in [4.78, 5) is 14.3. The van der Waals surface area contributed by atoms with E-state index in [-0.39, 0.29) is 11.7 Å². The van der Waals surface area contributed by atoms with Gasteiger partial charge in [-0.3, -0.25) is 9.00 Å². The van der Waals surface area contributed by atoms with Crippen molar-refractivity contribution in [3.63, 3.8) is 0 Å². The van der Waals surface area contributed by atoms with Crippen molar-refractivity contribution in [3.8, 4) is 11.5 Å². The van der Waals surface area contributed by atoms with E-state index < -0.39 is 10.8 Å². The molecule has 0 spiro atoms. The predicted molar refractivity (Wildman–Crippen MR) is 127 cm³/mol. The van der Waals surface area contributed by atoms with E-state index in [0.717, 1.165) is 31.4 Å². The van der Waals surface area contributed by atoms with Crippen LogP contribution < -0.4 is 5.32 Å². The molecule has 1 unspecified atom stereocenters. The third kappa shape index (κ3) is 7.69. The molecule has 0 fully saturated rings. The molecule has 0 aliphatic rings. The molecule has 1 heterocycles. The molecule has 7 nitrogen and oxygen atoms in total. The number of carbonyl (C=O) groups excluding carboxylic acids is 1. The zero-order valence-corrected chi connectivity index (χ0v) is 19.4. The van der Waals surface area contributed by atoms with Gasteiger partial charge in [-0.1, -0.05) is 30.3 Å². The second-order valence-corrected chi connectivity index (χ2v) is 9.45. The third-order valence-electron chi connectivity index (χ3n) is 4.89. The highest BCUT2D eigenvalue weighted by Crippen LogP contribution is 2.19. The smallest absolute Gasteiger partial charge is 0.251 e. The number of aryl methyl sites for hydroxylation is 1. The fraction of sp³-hybridized carbons (Fsp3) is 0.375. The van der Waals surface area contributed by atoms with Crippen molar-refractivity contribution < 1.29 is 13.4 Å². The molecule has 1 atom stereocenters. The van der Waals surface area contributed by atoms with Crippen LogP contribution in [0.3, 0.4) is 0 Å². The summed E-state index contributed by atoms with van der Waals surface area (Å²) in [7, 11) is 2.96. The Labute approximate surface area is 191 Å². The molecule has 0 bridgehead atoms. The minimum absolute atomic E-state index is 0.104. The normalized spacial score (nSPS) is 12.1. The van der Waals surface area contributed by atoms with Crippen LogP contribution in [0.5, 0.6) is 0 Å². The molecule has 1 amide bonds. The van der Waals surface area contributed by atoms with E-state index in [9.17, 15) is 9.00 Å². The van der Waals surface area contributed by atoms with E-state index >= 15 is 0 Å². The summed E-state index contributed by atoms with van der Waals surface area (Å²) in [5.74, 6) is 1.45. The third-order valence-corrected chi connectivity index (χ3v) is 6.21. The van der Waals surface area contributed by atoms with Crippen LogP contribution in [0.15, 0.2) is 59.0 Å². The average molecular weight is 455 g/mol. The van der Waals surface area contributed by atoms with Gasteiger partial charge in [0, 0.05) is 34.2 Å². The van der Waals surface area contributed by atoms with Crippen molar-refractivity contribution in [2.45, 2.75) is 25.0 Å². The van der Waals surface area contributed by atoms with Crippen LogP contribution in [0.25, 0.3) is 11.5 Å². The first kappa shape index (κ1) is 23.8. The lowest BCUT2D eigenvalue weighted by molar-refractivity contribution is 0.0952. The molecule has 1 N–H and O–H groups in total. The quantitative estimate of drug-likeness (QED) is 0.423. The van der Waals surface area contributed by atoms with E-state index in [2.05, 4.69) is 32.5 Å². The Bertz CT molecular complexity index is 1000. The van der Waals surface area contributed by atoms with Gasteiger partial charge in [0.05, 0.1) is 0 Å². The summed E-state index contributed by atoms with van der Waals surface area (Å²) in [6.45, 7) is 1.56. The summed E-state index contributed by atoms with van der Waals surface area (Å²) in [6, 6.07) is 17.2.